The van der Waals surface area contributed by atoms with Crippen molar-refractivity contribution in [3.05, 3.63) is 24.3 Å². The molecule has 1 aromatic carbocycles. The second-order valence-electron chi connectivity index (χ2n) is 5.45. The van der Waals surface area contributed by atoms with Crippen LogP contribution in [-0.2, 0) is 9.53 Å². The van der Waals surface area contributed by atoms with E-state index in [1.54, 1.807) is 12.1 Å². The fourth-order valence-electron chi connectivity index (χ4n) is 2.75. The summed E-state index contributed by atoms with van der Waals surface area (Å²) in [7, 11) is 0. The maximum atomic E-state index is 12.3. The standard InChI is InChI=1S/C14H17NO8/c16-5-8-9(17)10(18)11(19)12(23-8)13-14(20)15(21)6-3-1-2-4-7(6)22-13/h1-4,8-13,16-19,21H,5H2. The predicted molar refractivity (Wildman–Crippen MR) is 73.9 cm³/mol. The largest absolute Gasteiger partial charge is 0.475 e. The number of amides is 1. The summed E-state index contributed by atoms with van der Waals surface area (Å²) in [6.45, 7) is -0.623. The molecule has 0 spiro atoms. The van der Waals surface area contributed by atoms with Gasteiger partial charge in [0.05, 0.1) is 6.61 Å². The average molecular weight is 327 g/mol. The highest BCUT2D eigenvalue weighted by Gasteiger charge is 2.51. The second-order valence-corrected chi connectivity index (χ2v) is 5.45. The Morgan fingerprint density at radius 2 is 1.78 bits per heavy atom. The Labute approximate surface area is 130 Å². The van der Waals surface area contributed by atoms with E-state index in [4.69, 9.17) is 9.47 Å². The maximum Gasteiger partial charge on any atom is 0.294 e. The van der Waals surface area contributed by atoms with Crippen molar-refractivity contribution in [1.29, 1.82) is 0 Å². The van der Waals surface area contributed by atoms with E-state index in [2.05, 4.69) is 0 Å². The predicted octanol–water partition coefficient (Wildman–Crippen LogP) is -1.99. The quantitative estimate of drug-likeness (QED) is 0.393. The number of benzene rings is 1. The molecule has 0 radical (unpaired) electrons. The van der Waals surface area contributed by atoms with Gasteiger partial charge in [0.1, 0.15) is 42.0 Å². The van der Waals surface area contributed by atoms with E-state index in [0.717, 1.165) is 0 Å². The van der Waals surface area contributed by atoms with Crippen LogP contribution in [0.4, 0.5) is 5.69 Å². The molecular weight excluding hydrogens is 310 g/mol. The zero-order valence-corrected chi connectivity index (χ0v) is 11.9. The Balaban J connectivity index is 1.90. The number of hydrogen-bond acceptors (Lipinski definition) is 8. The third kappa shape index (κ3) is 2.57. The summed E-state index contributed by atoms with van der Waals surface area (Å²) < 4.78 is 10.8. The molecule has 3 rings (SSSR count). The molecule has 9 nitrogen and oxygen atoms in total. The molecule has 0 saturated carbocycles. The first kappa shape index (κ1) is 16.1. The highest BCUT2D eigenvalue weighted by molar-refractivity contribution is 5.98. The Morgan fingerprint density at radius 1 is 1.09 bits per heavy atom. The Morgan fingerprint density at radius 3 is 2.48 bits per heavy atom. The van der Waals surface area contributed by atoms with E-state index in [0.29, 0.717) is 5.06 Å². The van der Waals surface area contributed by atoms with E-state index in [1.165, 1.54) is 12.1 Å². The van der Waals surface area contributed by atoms with Crippen LogP contribution in [-0.4, -0.2) is 74.8 Å². The molecule has 0 bridgehead atoms. The smallest absolute Gasteiger partial charge is 0.294 e. The van der Waals surface area contributed by atoms with Crippen LogP contribution in [0, 0.1) is 0 Å². The van der Waals surface area contributed by atoms with Crippen molar-refractivity contribution < 1.29 is 39.9 Å². The molecule has 0 aliphatic carbocycles. The van der Waals surface area contributed by atoms with Gasteiger partial charge in [0.15, 0.2) is 0 Å². The molecule has 6 atom stereocenters. The molecule has 2 aliphatic rings. The van der Waals surface area contributed by atoms with Crippen LogP contribution in [0.15, 0.2) is 24.3 Å². The highest BCUT2D eigenvalue weighted by atomic mass is 16.6. The first-order valence-electron chi connectivity index (χ1n) is 7.04. The van der Waals surface area contributed by atoms with E-state index in [1.807, 2.05) is 0 Å². The maximum absolute atomic E-state index is 12.3. The number of rotatable bonds is 2. The first-order valence-corrected chi connectivity index (χ1v) is 7.04. The van der Waals surface area contributed by atoms with Gasteiger partial charge in [0, 0.05) is 0 Å². The molecular formula is C14H17NO8. The molecule has 23 heavy (non-hydrogen) atoms. The van der Waals surface area contributed by atoms with Crippen molar-refractivity contribution in [3.63, 3.8) is 0 Å². The van der Waals surface area contributed by atoms with Crippen LogP contribution < -0.4 is 9.80 Å². The van der Waals surface area contributed by atoms with E-state index in [-0.39, 0.29) is 11.4 Å². The molecule has 0 aromatic heterocycles. The number of hydrogen-bond donors (Lipinski definition) is 5. The number of nitrogens with zero attached hydrogens (tertiary/aromatic N) is 1. The van der Waals surface area contributed by atoms with Gasteiger partial charge >= 0.3 is 0 Å². The zero-order valence-electron chi connectivity index (χ0n) is 11.9. The summed E-state index contributed by atoms with van der Waals surface area (Å²) in [5.74, 6) is -0.704. The van der Waals surface area contributed by atoms with Gasteiger partial charge in [-0.05, 0) is 12.1 Å². The first-order chi connectivity index (χ1) is 11.0. The van der Waals surface area contributed by atoms with Gasteiger partial charge in [-0.2, -0.15) is 5.06 Å². The van der Waals surface area contributed by atoms with Crippen LogP contribution in [0.3, 0.4) is 0 Å². The number of anilines is 1. The number of aliphatic hydroxyl groups is 4. The van der Waals surface area contributed by atoms with Crippen molar-refractivity contribution in [1.82, 2.24) is 0 Å². The van der Waals surface area contributed by atoms with Crippen LogP contribution in [0.2, 0.25) is 0 Å². The SMILES string of the molecule is O=C1C(C2OC(CO)C(O)C(O)C2O)Oc2ccccc2N1O. The Kier molecular flexibility index (Phi) is 4.23. The molecule has 2 aliphatic heterocycles. The minimum atomic E-state index is -1.64. The fraction of sp³-hybridized carbons (Fsp3) is 0.500. The number of para-hydroxylation sites is 2. The lowest BCUT2D eigenvalue weighted by atomic mass is 9.91. The molecule has 1 saturated heterocycles. The van der Waals surface area contributed by atoms with Gasteiger partial charge in [0.2, 0.25) is 6.10 Å². The number of aliphatic hydroxyl groups excluding tert-OH is 4. The van der Waals surface area contributed by atoms with E-state index < -0.39 is 49.1 Å². The lowest BCUT2D eigenvalue weighted by Gasteiger charge is -2.43. The molecule has 9 heteroatoms. The number of carbonyl (C=O) groups excluding carboxylic acids is 1. The van der Waals surface area contributed by atoms with Crippen molar-refractivity contribution in [2.45, 2.75) is 36.6 Å². The van der Waals surface area contributed by atoms with Crippen molar-refractivity contribution in [2.75, 3.05) is 11.7 Å². The number of hydroxylamine groups is 1. The minimum Gasteiger partial charge on any atom is -0.475 e. The zero-order chi connectivity index (χ0) is 16.7. The monoisotopic (exact) mass is 327 g/mol. The highest BCUT2D eigenvalue weighted by Crippen LogP contribution is 2.35. The van der Waals surface area contributed by atoms with Crippen LogP contribution in [0.1, 0.15) is 0 Å². The molecule has 6 unspecified atom stereocenters. The third-order valence-electron chi connectivity index (χ3n) is 4.03. The molecule has 1 amide bonds. The van der Waals surface area contributed by atoms with Gasteiger partial charge in [-0.25, -0.2) is 0 Å². The summed E-state index contributed by atoms with van der Waals surface area (Å²) in [4.78, 5) is 12.3. The number of carbonyl (C=O) groups is 1. The minimum absolute atomic E-state index is 0.137. The second kappa shape index (κ2) is 6.04. The van der Waals surface area contributed by atoms with Gasteiger partial charge in [-0.15, -0.1) is 0 Å². The molecule has 1 aromatic rings. The lowest BCUT2D eigenvalue weighted by Crippen LogP contribution is -2.65. The average Bonchev–Trinajstić information content (AvgIpc) is 2.57. The lowest BCUT2D eigenvalue weighted by molar-refractivity contribution is -0.245. The summed E-state index contributed by atoms with van der Waals surface area (Å²) in [6, 6.07) is 6.22. The van der Waals surface area contributed by atoms with Crippen molar-refractivity contribution >= 4 is 11.6 Å². The number of fused-ring (bicyclic) bond motifs is 1. The molecule has 5 N–H and O–H groups in total. The van der Waals surface area contributed by atoms with Gasteiger partial charge in [-0.3, -0.25) is 10.0 Å². The number of ether oxygens (including phenoxy) is 2. The van der Waals surface area contributed by atoms with Crippen molar-refractivity contribution in [2.24, 2.45) is 0 Å². The fourth-order valence-corrected chi connectivity index (χ4v) is 2.75. The summed E-state index contributed by atoms with van der Waals surface area (Å²) in [5, 5.41) is 49.2. The van der Waals surface area contributed by atoms with E-state index >= 15 is 0 Å². The van der Waals surface area contributed by atoms with Gasteiger partial charge in [-0.1, -0.05) is 12.1 Å². The summed E-state index contributed by atoms with van der Waals surface area (Å²) >= 11 is 0. The summed E-state index contributed by atoms with van der Waals surface area (Å²) in [5.41, 5.74) is 0.137. The van der Waals surface area contributed by atoms with E-state index in [9.17, 15) is 30.4 Å². The molecule has 1 fully saturated rings. The summed E-state index contributed by atoms with van der Waals surface area (Å²) in [6.07, 6.45) is -8.80. The Bertz CT molecular complexity index is 594. The van der Waals surface area contributed by atoms with Crippen LogP contribution in [0.5, 0.6) is 5.75 Å². The van der Waals surface area contributed by atoms with Crippen LogP contribution in [0.25, 0.3) is 0 Å². The van der Waals surface area contributed by atoms with Crippen LogP contribution >= 0.6 is 0 Å². The normalized spacial score (nSPS) is 37.3. The molecule has 126 valence electrons. The van der Waals surface area contributed by atoms with Crippen molar-refractivity contribution in [3.8, 4) is 5.75 Å². The van der Waals surface area contributed by atoms with Gasteiger partial charge < -0.3 is 29.9 Å². The third-order valence-corrected chi connectivity index (χ3v) is 4.03. The Hall–Kier alpha value is -1.75. The molecule has 2 heterocycles. The van der Waals surface area contributed by atoms with Gasteiger partial charge in [0.25, 0.3) is 5.91 Å². The topological polar surface area (TPSA) is 140 Å².